The lowest BCUT2D eigenvalue weighted by Crippen LogP contribution is -2.28. The van der Waals surface area contributed by atoms with Crippen LogP contribution >= 0.6 is 0 Å². The Balaban J connectivity index is 2.41. The molecule has 0 aliphatic rings. The Morgan fingerprint density at radius 2 is 1.94 bits per heavy atom. The molecule has 6 heteroatoms. The number of nitrogens with two attached hydrogens (primary N) is 1. The summed E-state index contributed by atoms with van der Waals surface area (Å²) in [5.74, 6) is -0.0180. The molecule has 1 aromatic carbocycles. The maximum absolute atomic E-state index is 11.5. The Labute approximate surface area is 102 Å². The maximum Gasteiger partial charge on any atom is 0.214 e. The topological polar surface area (TPSA) is 81.4 Å². The highest BCUT2D eigenvalue weighted by Crippen LogP contribution is 2.05. The fraction of sp³-hybridized carbons (Fsp3) is 0.455. The third-order valence-electron chi connectivity index (χ3n) is 2.18. The third kappa shape index (κ3) is 5.67. The number of hydrogen-bond donors (Lipinski definition) is 2. The highest BCUT2D eigenvalue weighted by atomic mass is 32.2. The van der Waals surface area contributed by atoms with E-state index in [0.29, 0.717) is 12.3 Å². The maximum atomic E-state index is 11.5. The van der Waals surface area contributed by atoms with Crippen LogP contribution in [0.5, 0.6) is 0 Å². The molecule has 0 unspecified atom stereocenters. The van der Waals surface area contributed by atoms with Gasteiger partial charge in [-0.2, -0.15) is 0 Å². The minimum Gasteiger partial charge on any atom is -0.399 e. The van der Waals surface area contributed by atoms with E-state index in [9.17, 15) is 8.42 Å². The average Bonchev–Trinajstić information content (AvgIpc) is 2.29. The number of sulfonamides is 1. The number of benzene rings is 1. The van der Waals surface area contributed by atoms with Crippen molar-refractivity contribution in [3.8, 4) is 0 Å². The second-order valence-corrected chi connectivity index (χ2v) is 5.50. The zero-order chi connectivity index (χ0) is 12.7. The van der Waals surface area contributed by atoms with E-state index in [1.807, 2.05) is 6.92 Å². The van der Waals surface area contributed by atoms with Crippen molar-refractivity contribution in [3.63, 3.8) is 0 Å². The molecule has 96 valence electrons. The van der Waals surface area contributed by atoms with E-state index in [0.717, 1.165) is 5.56 Å². The van der Waals surface area contributed by atoms with Gasteiger partial charge in [0.2, 0.25) is 10.0 Å². The van der Waals surface area contributed by atoms with Crippen molar-refractivity contribution < 1.29 is 13.2 Å². The summed E-state index contributed by atoms with van der Waals surface area (Å²) in [6.07, 6.45) is 0. The number of ether oxygens (including phenoxy) is 1. The van der Waals surface area contributed by atoms with Crippen molar-refractivity contribution in [2.75, 3.05) is 24.7 Å². The molecular formula is C11H18N2O3S. The van der Waals surface area contributed by atoms with Crippen LogP contribution in [-0.4, -0.2) is 27.4 Å². The molecule has 0 aromatic heterocycles. The second kappa shape index (κ2) is 6.58. The van der Waals surface area contributed by atoms with Crippen LogP contribution in [0.15, 0.2) is 24.3 Å². The normalized spacial score (nSPS) is 11.6. The van der Waals surface area contributed by atoms with Gasteiger partial charge in [0.15, 0.2) is 0 Å². The van der Waals surface area contributed by atoms with Crippen molar-refractivity contribution in [1.29, 1.82) is 0 Å². The van der Waals surface area contributed by atoms with Crippen molar-refractivity contribution in [1.82, 2.24) is 4.72 Å². The molecule has 0 saturated carbocycles. The Hall–Kier alpha value is -1.11. The molecular weight excluding hydrogens is 240 g/mol. The molecule has 17 heavy (non-hydrogen) atoms. The van der Waals surface area contributed by atoms with E-state index in [1.54, 1.807) is 24.3 Å². The molecule has 0 spiro atoms. The van der Waals surface area contributed by atoms with Gasteiger partial charge in [0, 0.05) is 18.8 Å². The van der Waals surface area contributed by atoms with Gasteiger partial charge in [-0.15, -0.1) is 0 Å². The predicted octanol–water partition coefficient (Wildman–Crippen LogP) is 0.725. The number of nitrogens with one attached hydrogen (secondary N) is 1. The first-order chi connectivity index (χ1) is 8.03. The van der Waals surface area contributed by atoms with Crippen molar-refractivity contribution in [2.24, 2.45) is 0 Å². The van der Waals surface area contributed by atoms with Gasteiger partial charge in [-0.3, -0.25) is 0 Å². The molecule has 0 bridgehead atoms. The van der Waals surface area contributed by atoms with Gasteiger partial charge >= 0.3 is 0 Å². The van der Waals surface area contributed by atoms with Gasteiger partial charge in [-0.05, 0) is 24.6 Å². The lowest BCUT2D eigenvalue weighted by Gasteiger charge is -2.07. The summed E-state index contributed by atoms with van der Waals surface area (Å²) in [7, 11) is -3.27. The van der Waals surface area contributed by atoms with E-state index in [2.05, 4.69) is 4.72 Å². The Kier molecular flexibility index (Phi) is 5.40. The highest BCUT2D eigenvalue weighted by Gasteiger charge is 2.09. The van der Waals surface area contributed by atoms with Gasteiger partial charge in [0.1, 0.15) is 0 Å². The first-order valence-electron chi connectivity index (χ1n) is 5.43. The van der Waals surface area contributed by atoms with Gasteiger partial charge < -0.3 is 10.5 Å². The first-order valence-corrected chi connectivity index (χ1v) is 7.08. The summed E-state index contributed by atoms with van der Waals surface area (Å²) >= 11 is 0. The van der Waals surface area contributed by atoms with Gasteiger partial charge in [-0.25, -0.2) is 13.1 Å². The molecule has 0 atom stereocenters. The van der Waals surface area contributed by atoms with E-state index < -0.39 is 10.0 Å². The number of hydrogen-bond acceptors (Lipinski definition) is 4. The summed E-state index contributed by atoms with van der Waals surface area (Å²) in [6.45, 7) is 2.84. The standard InChI is InChI=1S/C11H18N2O3S/c1-2-16-7-8-17(14,15)13-9-10-3-5-11(12)6-4-10/h3-6,13H,2,7-9,12H2,1H3. The lowest BCUT2D eigenvalue weighted by atomic mass is 10.2. The fourth-order valence-electron chi connectivity index (χ4n) is 1.21. The molecule has 0 aliphatic carbocycles. The molecule has 3 N–H and O–H groups in total. The van der Waals surface area contributed by atoms with Crippen LogP contribution < -0.4 is 10.5 Å². The van der Waals surface area contributed by atoms with E-state index in [-0.39, 0.29) is 18.9 Å². The molecule has 0 radical (unpaired) electrons. The molecule has 0 heterocycles. The van der Waals surface area contributed by atoms with Crippen LogP contribution in [0.4, 0.5) is 5.69 Å². The van der Waals surface area contributed by atoms with Gasteiger partial charge in [0.05, 0.1) is 12.4 Å². The van der Waals surface area contributed by atoms with E-state index in [4.69, 9.17) is 10.5 Å². The van der Waals surface area contributed by atoms with E-state index >= 15 is 0 Å². The molecule has 0 aliphatic heterocycles. The third-order valence-corrected chi connectivity index (χ3v) is 3.46. The predicted molar refractivity (Wildman–Crippen MR) is 68.0 cm³/mol. The summed E-state index contributed by atoms with van der Waals surface area (Å²) in [5.41, 5.74) is 7.07. The van der Waals surface area contributed by atoms with Gasteiger partial charge in [0.25, 0.3) is 0 Å². The van der Waals surface area contributed by atoms with Crippen LogP contribution in [0.3, 0.4) is 0 Å². The van der Waals surface area contributed by atoms with Crippen molar-refractivity contribution >= 4 is 15.7 Å². The zero-order valence-corrected chi connectivity index (χ0v) is 10.7. The minimum absolute atomic E-state index is 0.0180. The number of nitrogen functional groups attached to an aromatic ring is 1. The molecule has 0 fully saturated rings. The smallest absolute Gasteiger partial charge is 0.214 e. The summed E-state index contributed by atoms with van der Waals surface area (Å²) in [6, 6.07) is 7.06. The second-order valence-electron chi connectivity index (χ2n) is 3.58. The fourth-order valence-corrected chi connectivity index (χ4v) is 2.08. The zero-order valence-electron chi connectivity index (χ0n) is 9.85. The Bertz CT molecular complexity index is 429. The highest BCUT2D eigenvalue weighted by molar-refractivity contribution is 7.89. The van der Waals surface area contributed by atoms with Crippen molar-refractivity contribution in [3.05, 3.63) is 29.8 Å². The molecule has 5 nitrogen and oxygen atoms in total. The SMILES string of the molecule is CCOCCS(=O)(=O)NCc1ccc(N)cc1. The molecule has 0 amide bonds. The van der Waals surface area contributed by atoms with Gasteiger partial charge in [-0.1, -0.05) is 12.1 Å². The Morgan fingerprint density at radius 3 is 2.53 bits per heavy atom. The van der Waals surface area contributed by atoms with Crippen LogP contribution in [0.2, 0.25) is 0 Å². The van der Waals surface area contributed by atoms with Crippen molar-refractivity contribution in [2.45, 2.75) is 13.5 Å². The first kappa shape index (κ1) is 14.0. The summed E-state index contributed by atoms with van der Waals surface area (Å²) < 4.78 is 30.6. The molecule has 1 aromatic rings. The lowest BCUT2D eigenvalue weighted by molar-refractivity contribution is 0.163. The number of anilines is 1. The number of rotatable bonds is 7. The van der Waals surface area contributed by atoms with Crippen LogP contribution in [0, 0.1) is 0 Å². The van der Waals surface area contributed by atoms with E-state index in [1.165, 1.54) is 0 Å². The average molecular weight is 258 g/mol. The summed E-state index contributed by atoms with van der Waals surface area (Å²) in [5, 5.41) is 0. The van der Waals surface area contributed by atoms with Crippen LogP contribution in [0.1, 0.15) is 12.5 Å². The summed E-state index contributed by atoms with van der Waals surface area (Å²) in [4.78, 5) is 0. The quantitative estimate of drug-likeness (QED) is 0.558. The van der Waals surface area contributed by atoms with Crippen LogP contribution in [-0.2, 0) is 21.3 Å². The largest absolute Gasteiger partial charge is 0.399 e. The van der Waals surface area contributed by atoms with Crippen LogP contribution in [0.25, 0.3) is 0 Å². The molecule has 0 saturated heterocycles. The minimum atomic E-state index is -3.27. The molecule has 1 rings (SSSR count). The monoisotopic (exact) mass is 258 g/mol. The Morgan fingerprint density at radius 1 is 1.29 bits per heavy atom.